The third-order valence-electron chi connectivity index (χ3n) is 3.69. The zero-order chi connectivity index (χ0) is 20.9. The molecule has 0 unspecified atom stereocenters. The molecule has 1 amide bonds. The Hall–Kier alpha value is -2.18. The summed E-state index contributed by atoms with van der Waals surface area (Å²) in [6, 6.07) is 3.61. The number of pyridine rings is 1. The topological polar surface area (TPSA) is 95.2 Å². The maximum atomic E-state index is 12.2. The number of nitrogens with zero attached hydrogens (tertiary/aromatic N) is 6. The molecule has 8 nitrogen and oxygen atoms in total. The van der Waals surface area contributed by atoms with E-state index in [1.165, 1.54) is 6.92 Å². The van der Waals surface area contributed by atoms with Gasteiger partial charge in [0.2, 0.25) is 5.28 Å². The zero-order valence-electron chi connectivity index (χ0n) is 16.2. The molecule has 0 bridgehead atoms. The Labute approximate surface area is 177 Å². The third kappa shape index (κ3) is 5.91. The second-order valence-corrected chi connectivity index (χ2v) is 8.27. The van der Waals surface area contributed by atoms with Crippen LogP contribution in [-0.2, 0) is 4.74 Å². The molecular weight excluding hydrogens is 448 g/mol. The lowest BCUT2D eigenvalue weighted by molar-refractivity contribution is 0.0240. The summed E-state index contributed by atoms with van der Waals surface area (Å²) in [6.45, 7) is 9.36. The highest BCUT2D eigenvalue weighted by atomic mass is 79.9. The summed E-state index contributed by atoms with van der Waals surface area (Å²) in [6.07, 6.45) is 1.42. The van der Waals surface area contributed by atoms with Gasteiger partial charge in [-0.3, -0.25) is 0 Å². The van der Waals surface area contributed by atoms with E-state index in [1.807, 2.05) is 26.8 Å². The normalized spacial score (nSPS) is 14.2. The SMILES string of the molecule is CC#N.CC(C)(C)OC(=O)N1CCN(c2nc(Cl)nc3cc(Br)cnc23)CC1. The minimum absolute atomic E-state index is 0.178. The van der Waals surface area contributed by atoms with Crippen molar-refractivity contribution in [1.82, 2.24) is 19.9 Å². The first-order valence-electron chi connectivity index (χ1n) is 8.67. The van der Waals surface area contributed by atoms with E-state index >= 15 is 0 Å². The number of nitriles is 1. The van der Waals surface area contributed by atoms with E-state index in [-0.39, 0.29) is 11.4 Å². The van der Waals surface area contributed by atoms with Crippen LogP contribution in [0.5, 0.6) is 0 Å². The Bertz CT molecular complexity index is 883. The lowest BCUT2D eigenvalue weighted by Crippen LogP contribution is -2.50. The van der Waals surface area contributed by atoms with Gasteiger partial charge in [0.25, 0.3) is 0 Å². The number of ether oxygens (including phenoxy) is 1. The first kappa shape index (κ1) is 22.1. The van der Waals surface area contributed by atoms with Crippen molar-refractivity contribution in [3.05, 3.63) is 22.0 Å². The molecule has 0 aromatic carbocycles. The molecule has 2 aromatic rings. The van der Waals surface area contributed by atoms with Crippen molar-refractivity contribution in [2.45, 2.75) is 33.3 Å². The first-order valence-corrected chi connectivity index (χ1v) is 9.84. The standard InChI is InChI=1S/C16H19BrClN5O2.C2H3N/c1-16(2,3)25-15(24)23-6-4-22(5-7-23)13-12-11(20-14(18)21-13)8-10(17)9-19-12;1-2-3/h8-9H,4-7H2,1-3H3;1H3. The lowest BCUT2D eigenvalue weighted by Gasteiger charge is -2.36. The number of carbonyl (C=O) groups is 1. The monoisotopic (exact) mass is 468 g/mol. The van der Waals surface area contributed by atoms with Crippen LogP contribution in [0.2, 0.25) is 5.28 Å². The highest BCUT2D eigenvalue weighted by Gasteiger charge is 2.27. The van der Waals surface area contributed by atoms with Crippen molar-refractivity contribution in [2.24, 2.45) is 0 Å². The van der Waals surface area contributed by atoms with Gasteiger partial charge in [-0.05, 0) is 54.4 Å². The molecule has 0 spiro atoms. The summed E-state index contributed by atoms with van der Waals surface area (Å²) < 4.78 is 6.25. The molecule has 0 radical (unpaired) electrons. The highest BCUT2D eigenvalue weighted by Crippen LogP contribution is 2.26. The predicted molar refractivity (Wildman–Crippen MR) is 111 cm³/mol. The summed E-state index contributed by atoms with van der Waals surface area (Å²) in [7, 11) is 0. The van der Waals surface area contributed by atoms with Crippen LogP contribution in [0.3, 0.4) is 0 Å². The highest BCUT2D eigenvalue weighted by molar-refractivity contribution is 9.10. The maximum Gasteiger partial charge on any atom is 0.410 e. The van der Waals surface area contributed by atoms with E-state index in [4.69, 9.17) is 21.6 Å². The molecule has 0 N–H and O–H groups in total. The van der Waals surface area contributed by atoms with E-state index in [0.29, 0.717) is 43.0 Å². The number of carbonyl (C=O) groups excluding carboxylic acids is 1. The molecule has 1 aliphatic heterocycles. The van der Waals surface area contributed by atoms with Crippen LogP contribution in [-0.4, -0.2) is 57.7 Å². The maximum absolute atomic E-state index is 12.2. The molecule has 3 heterocycles. The van der Waals surface area contributed by atoms with Gasteiger partial charge in [-0.15, -0.1) is 0 Å². The average Bonchev–Trinajstić information content (AvgIpc) is 2.60. The van der Waals surface area contributed by atoms with Gasteiger partial charge in [0.05, 0.1) is 11.6 Å². The molecule has 0 atom stereocenters. The van der Waals surface area contributed by atoms with Gasteiger partial charge in [-0.25, -0.2) is 14.8 Å². The molecule has 0 aliphatic carbocycles. The van der Waals surface area contributed by atoms with Crippen LogP contribution in [0.4, 0.5) is 10.6 Å². The van der Waals surface area contributed by atoms with Crippen LogP contribution in [0.25, 0.3) is 11.0 Å². The molecule has 0 saturated carbocycles. The molecule has 2 aromatic heterocycles. The van der Waals surface area contributed by atoms with Crippen molar-refractivity contribution in [1.29, 1.82) is 5.26 Å². The number of piperazine rings is 1. The average molecular weight is 470 g/mol. The van der Waals surface area contributed by atoms with E-state index in [0.717, 1.165) is 4.47 Å². The van der Waals surface area contributed by atoms with Crippen LogP contribution in [0, 0.1) is 11.3 Å². The Morgan fingerprint density at radius 2 is 1.89 bits per heavy atom. The van der Waals surface area contributed by atoms with Gasteiger partial charge < -0.3 is 14.5 Å². The van der Waals surface area contributed by atoms with Gasteiger partial charge in [0.15, 0.2) is 5.82 Å². The molecule has 1 aliphatic rings. The Morgan fingerprint density at radius 1 is 1.29 bits per heavy atom. The van der Waals surface area contributed by atoms with Crippen molar-refractivity contribution >= 4 is 50.5 Å². The third-order valence-corrected chi connectivity index (χ3v) is 4.29. The molecular formula is C18H22BrClN6O2. The largest absolute Gasteiger partial charge is 0.444 e. The first-order chi connectivity index (χ1) is 13.1. The summed E-state index contributed by atoms with van der Waals surface area (Å²) in [5.74, 6) is 0.686. The summed E-state index contributed by atoms with van der Waals surface area (Å²) in [5, 5.41) is 7.50. The van der Waals surface area contributed by atoms with Crippen molar-refractivity contribution < 1.29 is 9.53 Å². The van der Waals surface area contributed by atoms with Crippen LogP contribution in [0.15, 0.2) is 16.7 Å². The number of hydrogen-bond acceptors (Lipinski definition) is 7. The van der Waals surface area contributed by atoms with Gasteiger partial charge in [0.1, 0.15) is 11.1 Å². The molecule has 28 heavy (non-hydrogen) atoms. The number of amides is 1. The lowest BCUT2D eigenvalue weighted by atomic mass is 10.2. The van der Waals surface area contributed by atoms with Crippen molar-refractivity contribution in [3.63, 3.8) is 0 Å². The number of fused-ring (bicyclic) bond motifs is 1. The summed E-state index contributed by atoms with van der Waals surface area (Å²) in [5.41, 5.74) is 0.874. The quantitative estimate of drug-likeness (QED) is 0.582. The Kier molecular flexibility index (Phi) is 7.38. The van der Waals surface area contributed by atoms with Gasteiger partial charge in [-0.2, -0.15) is 10.2 Å². The van der Waals surface area contributed by atoms with E-state index in [2.05, 4.69) is 35.8 Å². The smallest absolute Gasteiger partial charge is 0.410 e. The van der Waals surface area contributed by atoms with Crippen molar-refractivity contribution in [2.75, 3.05) is 31.1 Å². The fraction of sp³-hybridized carbons (Fsp3) is 0.500. The molecule has 10 heteroatoms. The van der Waals surface area contributed by atoms with Gasteiger partial charge >= 0.3 is 6.09 Å². The van der Waals surface area contributed by atoms with E-state index in [1.54, 1.807) is 17.2 Å². The summed E-state index contributed by atoms with van der Waals surface area (Å²) >= 11 is 9.46. The fourth-order valence-corrected chi connectivity index (χ4v) is 3.09. The minimum Gasteiger partial charge on any atom is -0.444 e. The number of halogens is 2. The molecule has 1 fully saturated rings. The fourth-order valence-electron chi connectivity index (χ4n) is 2.60. The van der Waals surface area contributed by atoms with E-state index < -0.39 is 5.60 Å². The van der Waals surface area contributed by atoms with Gasteiger partial charge in [0, 0.05) is 43.8 Å². The number of hydrogen-bond donors (Lipinski definition) is 0. The zero-order valence-corrected chi connectivity index (χ0v) is 18.6. The van der Waals surface area contributed by atoms with Crippen LogP contribution < -0.4 is 4.90 Å². The number of aromatic nitrogens is 3. The predicted octanol–water partition coefficient (Wildman–Crippen LogP) is 4.03. The number of anilines is 1. The van der Waals surface area contributed by atoms with Crippen molar-refractivity contribution in [3.8, 4) is 6.07 Å². The van der Waals surface area contributed by atoms with Gasteiger partial charge in [-0.1, -0.05) is 0 Å². The molecule has 150 valence electrons. The number of rotatable bonds is 1. The molecule has 3 rings (SSSR count). The second kappa shape index (κ2) is 9.34. The Morgan fingerprint density at radius 3 is 2.46 bits per heavy atom. The second-order valence-electron chi connectivity index (χ2n) is 7.02. The van der Waals surface area contributed by atoms with E-state index in [9.17, 15) is 4.79 Å². The van der Waals surface area contributed by atoms with Crippen LogP contribution in [0.1, 0.15) is 27.7 Å². The molecule has 1 saturated heterocycles. The Balaban J connectivity index is 0.000000878. The van der Waals surface area contributed by atoms with Crippen LogP contribution >= 0.6 is 27.5 Å². The minimum atomic E-state index is -0.498. The summed E-state index contributed by atoms with van der Waals surface area (Å²) in [4.78, 5) is 29.0.